The van der Waals surface area contributed by atoms with Crippen LogP contribution >= 0.6 is 0 Å². The van der Waals surface area contributed by atoms with Crippen molar-refractivity contribution >= 4 is 5.91 Å². The van der Waals surface area contributed by atoms with E-state index in [0.29, 0.717) is 0 Å². The van der Waals surface area contributed by atoms with Gasteiger partial charge in [-0.2, -0.15) is 0 Å². The van der Waals surface area contributed by atoms with Crippen LogP contribution in [-0.2, 0) is 4.79 Å². The SMILES string of the molecule is CC1=C(/C=C/C=C/C(N)=O)C(C)(C)CCC1. The molecule has 0 saturated heterocycles. The third-order valence-electron chi connectivity index (χ3n) is 3.18. The predicted octanol–water partition coefficient (Wildman–Crippen LogP) is 3.11. The van der Waals surface area contributed by atoms with Gasteiger partial charge in [-0.25, -0.2) is 0 Å². The van der Waals surface area contributed by atoms with E-state index in [9.17, 15) is 4.79 Å². The average molecular weight is 219 g/mol. The highest BCUT2D eigenvalue weighted by molar-refractivity contribution is 5.86. The van der Waals surface area contributed by atoms with Gasteiger partial charge >= 0.3 is 0 Å². The number of hydrogen-bond donors (Lipinski definition) is 1. The Morgan fingerprint density at radius 2 is 2.06 bits per heavy atom. The van der Waals surface area contributed by atoms with Crippen LogP contribution in [0.1, 0.15) is 40.0 Å². The summed E-state index contributed by atoms with van der Waals surface area (Å²) >= 11 is 0. The summed E-state index contributed by atoms with van der Waals surface area (Å²) in [7, 11) is 0. The Hall–Kier alpha value is -1.31. The minimum absolute atomic E-state index is 0.249. The Balaban J connectivity index is 2.81. The fourth-order valence-electron chi connectivity index (χ4n) is 2.31. The van der Waals surface area contributed by atoms with Crippen LogP contribution in [0.25, 0.3) is 0 Å². The molecular formula is C14H21NO. The molecule has 16 heavy (non-hydrogen) atoms. The molecule has 0 aliphatic heterocycles. The Morgan fingerprint density at radius 3 is 2.62 bits per heavy atom. The maximum atomic E-state index is 10.5. The predicted molar refractivity (Wildman–Crippen MR) is 67.8 cm³/mol. The van der Waals surface area contributed by atoms with Gasteiger partial charge in [0.25, 0.3) is 0 Å². The van der Waals surface area contributed by atoms with Crippen LogP contribution in [0.2, 0.25) is 0 Å². The molecule has 0 aromatic rings. The molecule has 0 fully saturated rings. The van der Waals surface area contributed by atoms with Gasteiger partial charge in [0, 0.05) is 6.08 Å². The lowest BCUT2D eigenvalue weighted by Gasteiger charge is -2.32. The molecule has 0 saturated carbocycles. The van der Waals surface area contributed by atoms with E-state index in [1.807, 2.05) is 6.08 Å². The molecule has 2 heteroatoms. The molecule has 0 aromatic carbocycles. The average Bonchev–Trinajstić information content (AvgIpc) is 2.14. The Labute approximate surface area is 97.9 Å². The first-order valence-electron chi connectivity index (χ1n) is 5.78. The smallest absolute Gasteiger partial charge is 0.241 e. The number of carbonyl (C=O) groups excluding carboxylic acids is 1. The summed E-state index contributed by atoms with van der Waals surface area (Å²) in [6, 6.07) is 0. The van der Waals surface area contributed by atoms with Crippen molar-refractivity contribution < 1.29 is 4.79 Å². The van der Waals surface area contributed by atoms with Crippen molar-refractivity contribution in [3.8, 4) is 0 Å². The van der Waals surface area contributed by atoms with Crippen LogP contribution < -0.4 is 5.73 Å². The lowest BCUT2D eigenvalue weighted by molar-refractivity contribution is -0.113. The molecule has 2 N–H and O–H groups in total. The van der Waals surface area contributed by atoms with E-state index in [0.717, 1.165) is 0 Å². The third-order valence-corrected chi connectivity index (χ3v) is 3.18. The number of rotatable bonds is 3. The van der Waals surface area contributed by atoms with Crippen molar-refractivity contribution in [2.24, 2.45) is 11.1 Å². The largest absolute Gasteiger partial charge is 0.366 e. The zero-order chi connectivity index (χ0) is 12.2. The minimum atomic E-state index is -0.404. The second kappa shape index (κ2) is 5.15. The Bertz CT molecular complexity index is 359. The summed E-state index contributed by atoms with van der Waals surface area (Å²) in [5, 5.41) is 0. The number of amides is 1. The van der Waals surface area contributed by atoms with Gasteiger partial charge in [0.15, 0.2) is 0 Å². The van der Waals surface area contributed by atoms with Crippen molar-refractivity contribution in [3.63, 3.8) is 0 Å². The van der Waals surface area contributed by atoms with Crippen LogP contribution in [0.5, 0.6) is 0 Å². The molecule has 0 heterocycles. The Kier molecular flexibility index (Phi) is 4.11. The van der Waals surface area contributed by atoms with E-state index in [1.165, 1.54) is 36.5 Å². The highest BCUT2D eigenvalue weighted by atomic mass is 16.1. The topological polar surface area (TPSA) is 43.1 Å². The standard InChI is InChI=1S/C14H21NO/c1-11-7-6-10-14(2,3)12(11)8-4-5-9-13(15)16/h4-5,8-9H,6-7,10H2,1-3H3,(H2,15,16)/b8-4+,9-5+. The van der Waals surface area contributed by atoms with E-state index in [-0.39, 0.29) is 5.41 Å². The van der Waals surface area contributed by atoms with Gasteiger partial charge in [-0.1, -0.05) is 37.6 Å². The first-order chi connectivity index (χ1) is 7.43. The van der Waals surface area contributed by atoms with E-state index < -0.39 is 5.91 Å². The summed E-state index contributed by atoms with van der Waals surface area (Å²) in [4.78, 5) is 10.5. The van der Waals surface area contributed by atoms with Crippen LogP contribution in [0.3, 0.4) is 0 Å². The van der Waals surface area contributed by atoms with Crippen LogP contribution in [0, 0.1) is 5.41 Å². The fourth-order valence-corrected chi connectivity index (χ4v) is 2.31. The van der Waals surface area contributed by atoms with E-state index in [1.54, 1.807) is 6.08 Å². The molecule has 2 nitrogen and oxygen atoms in total. The van der Waals surface area contributed by atoms with E-state index >= 15 is 0 Å². The normalized spacial score (nSPS) is 20.9. The fraction of sp³-hybridized carbons (Fsp3) is 0.500. The summed E-state index contributed by atoms with van der Waals surface area (Å²) in [6.45, 7) is 6.73. The maximum absolute atomic E-state index is 10.5. The van der Waals surface area contributed by atoms with Crippen molar-refractivity contribution in [2.45, 2.75) is 40.0 Å². The van der Waals surface area contributed by atoms with Gasteiger partial charge in [0.1, 0.15) is 0 Å². The van der Waals surface area contributed by atoms with Crippen LogP contribution in [0.15, 0.2) is 35.5 Å². The molecule has 0 atom stereocenters. The van der Waals surface area contributed by atoms with Crippen molar-refractivity contribution in [1.29, 1.82) is 0 Å². The summed E-state index contributed by atoms with van der Waals surface area (Å²) in [5.74, 6) is -0.404. The molecule has 1 aliphatic carbocycles. The highest BCUT2D eigenvalue weighted by Crippen LogP contribution is 2.40. The summed E-state index contributed by atoms with van der Waals surface area (Å²) in [6.07, 6.45) is 10.8. The first kappa shape index (κ1) is 12.8. The quantitative estimate of drug-likeness (QED) is 0.575. The van der Waals surface area contributed by atoms with Gasteiger partial charge in [-0.05, 0) is 37.2 Å². The molecule has 1 rings (SSSR count). The molecule has 0 spiro atoms. The number of primary amides is 1. The first-order valence-corrected chi connectivity index (χ1v) is 5.78. The summed E-state index contributed by atoms with van der Waals surface area (Å²) in [5.41, 5.74) is 8.12. The molecule has 88 valence electrons. The monoisotopic (exact) mass is 219 g/mol. The molecule has 0 radical (unpaired) electrons. The lowest BCUT2D eigenvalue weighted by Crippen LogP contribution is -2.18. The number of hydrogen-bond acceptors (Lipinski definition) is 1. The van der Waals surface area contributed by atoms with Gasteiger partial charge in [0.2, 0.25) is 5.91 Å². The van der Waals surface area contributed by atoms with Gasteiger partial charge < -0.3 is 5.73 Å². The number of carbonyl (C=O) groups is 1. The van der Waals surface area contributed by atoms with Gasteiger partial charge in [0.05, 0.1) is 0 Å². The van der Waals surface area contributed by atoms with Gasteiger partial charge in [-0.3, -0.25) is 4.79 Å². The molecular weight excluding hydrogens is 198 g/mol. The maximum Gasteiger partial charge on any atom is 0.241 e. The third kappa shape index (κ3) is 3.37. The summed E-state index contributed by atoms with van der Waals surface area (Å²) < 4.78 is 0. The zero-order valence-corrected chi connectivity index (χ0v) is 10.4. The Morgan fingerprint density at radius 1 is 1.38 bits per heavy atom. The van der Waals surface area contributed by atoms with Crippen LogP contribution in [-0.4, -0.2) is 5.91 Å². The zero-order valence-electron chi connectivity index (χ0n) is 10.4. The second-order valence-corrected chi connectivity index (χ2v) is 5.05. The van der Waals surface area contributed by atoms with Crippen molar-refractivity contribution in [1.82, 2.24) is 0 Å². The molecule has 0 unspecified atom stereocenters. The molecule has 0 aromatic heterocycles. The lowest BCUT2D eigenvalue weighted by atomic mass is 9.73. The number of allylic oxidation sites excluding steroid dienone is 5. The minimum Gasteiger partial charge on any atom is -0.366 e. The van der Waals surface area contributed by atoms with Crippen molar-refractivity contribution in [3.05, 3.63) is 35.5 Å². The van der Waals surface area contributed by atoms with E-state index in [4.69, 9.17) is 5.73 Å². The van der Waals surface area contributed by atoms with Crippen molar-refractivity contribution in [2.75, 3.05) is 0 Å². The van der Waals surface area contributed by atoms with E-state index in [2.05, 4.69) is 26.8 Å². The van der Waals surface area contributed by atoms with Crippen LogP contribution in [0.4, 0.5) is 0 Å². The highest BCUT2D eigenvalue weighted by Gasteiger charge is 2.26. The second-order valence-electron chi connectivity index (χ2n) is 5.05. The molecule has 0 bridgehead atoms. The molecule has 1 amide bonds. The van der Waals surface area contributed by atoms with Gasteiger partial charge in [-0.15, -0.1) is 0 Å². The number of nitrogens with two attached hydrogens (primary N) is 1. The molecule has 1 aliphatic rings.